The van der Waals surface area contributed by atoms with Gasteiger partial charge in [-0.15, -0.1) is 0 Å². The van der Waals surface area contributed by atoms with E-state index in [2.05, 4.69) is 22.8 Å². The monoisotopic (exact) mass is 438 g/mol. The summed E-state index contributed by atoms with van der Waals surface area (Å²) < 4.78 is 5.61. The lowest BCUT2D eigenvalue weighted by Crippen LogP contribution is -2.55. The van der Waals surface area contributed by atoms with E-state index in [0.29, 0.717) is 12.6 Å². The average molecular weight is 439 g/mol. The highest BCUT2D eigenvalue weighted by atomic mass is 16.6. The van der Waals surface area contributed by atoms with Crippen LogP contribution in [0.5, 0.6) is 0 Å². The number of fused-ring (bicyclic) bond motifs is 2. The molecule has 172 valence electrons. The zero-order chi connectivity index (χ0) is 22.7. The van der Waals surface area contributed by atoms with Crippen LogP contribution in [0.2, 0.25) is 0 Å². The Morgan fingerprint density at radius 1 is 1.22 bits per heavy atom. The molecule has 0 aromatic carbocycles. The molecule has 3 heterocycles. The Kier molecular flexibility index (Phi) is 4.99. The fraction of sp³-hybridized carbons (Fsp3) is 0.750. The van der Waals surface area contributed by atoms with Crippen molar-refractivity contribution < 1.29 is 9.53 Å². The van der Waals surface area contributed by atoms with Crippen molar-refractivity contribution in [1.82, 2.24) is 14.9 Å². The molecule has 1 amide bonds. The van der Waals surface area contributed by atoms with E-state index in [9.17, 15) is 10.1 Å². The molecular weight excluding hydrogens is 404 g/mol. The molecule has 2 aliphatic heterocycles. The summed E-state index contributed by atoms with van der Waals surface area (Å²) in [7, 11) is 0. The average Bonchev–Trinajstić information content (AvgIpc) is 3.01. The Morgan fingerprint density at radius 3 is 2.53 bits per heavy atom. The van der Waals surface area contributed by atoms with Crippen LogP contribution in [0.4, 0.5) is 16.4 Å². The molecule has 0 N–H and O–H groups in total. The van der Waals surface area contributed by atoms with Crippen LogP contribution >= 0.6 is 0 Å². The van der Waals surface area contributed by atoms with E-state index >= 15 is 0 Å². The van der Waals surface area contributed by atoms with Crippen LogP contribution in [-0.2, 0) is 10.2 Å². The van der Waals surface area contributed by atoms with E-state index < -0.39 is 5.60 Å². The number of carbonyl (C=O) groups is 1. The molecule has 2 saturated carbocycles. The Labute approximate surface area is 190 Å². The van der Waals surface area contributed by atoms with Crippen LogP contribution in [0.1, 0.15) is 65.4 Å². The maximum atomic E-state index is 12.7. The van der Waals surface area contributed by atoms with Gasteiger partial charge >= 0.3 is 6.09 Å². The van der Waals surface area contributed by atoms with Crippen molar-refractivity contribution >= 4 is 17.7 Å². The van der Waals surface area contributed by atoms with E-state index in [0.717, 1.165) is 44.1 Å². The third-order valence-corrected chi connectivity index (χ3v) is 7.68. The van der Waals surface area contributed by atoms with Gasteiger partial charge in [-0.1, -0.05) is 6.42 Å². The minimum atomic E-state index is -0.493. The zero-order valence-corrected chi connectivity index (χ0v) is 19.7. The fourth-order valence-electron chi connectivity index (χ4n) is 5.78. The fourth-order valence-corrected chi connectivity index (χ4v) is 5.78. The second-order valence-electron chi connectivity index (χ2n) is 11.1. The third kappa shape index (κ3) is 3.46. The second-order valence-corrected chi connectivity index (χ2v) is 11.1. The van der Waals surface area contributed by atoms with Gasteiger partial charge in [-0.25, -0.2) is 14.8 Å². The number of aromatic nitrogens is 2. The van der Waals surface area contributed by atoms with E-state index in [1.54, 1.807) is 6.33 Å². The van der Waals surface area contributed by atoms with E-state index in [4.69, 9.17) is 14.7 Å². The predicted molar refractivity (Wildman–Crippen MR) is 122 cm³/mol. The molecule has 3 fully saturated rings. The predicted octanol–water partition coefficient (Wildman–Crippen LogP) is 3.47. The first kappa shape index (κ1) is 21.3. The van der Waals surface area contributed by atoms with Crippen molar-refractivity contribution in [2.45, 2.75) is 82.9 Å². The van der Waals surface area contributed by atoms with Gasteiger partial charge in [-0.2, -0.15) is 5.26 Å². The van der Waals surface area contributed by atoms with Crippen molar-refractivity contribution in [3.63, 3.8) is 0 Å². The number of hydrogen-bond acceptors (Lipinski definition) is 7. The quantitative estimate of drug-likeness (QED) is 0.699. The highest BCUT2D eigenvalue weighted by molar-refractivity contribution is 5.71. The molecule has 1 aromatic heterocycles. The van der Waals surface area contributed by atoms with Crippen LogP contribution < -0.4 is 9.80 Å². The second kappa shape index (κ2) is 7.50. The van der Waals surface area contributed by atoms with Crippen LogP contribution in [0.15, 0.2) is 6.33 Å². The number of ether oxygens (including phenoxy) is 1. The van der Waals surface area contributed by atoms with Gasteiger partial charge in [-0.3, -0.25) is 0 Å². The molecule has 1 atom stereocenters. The molecule has 1 spiro atoms. The number of anilines is 2. The standard InChI is InChI=1S/C24H34N6O2/c1-16-13-28(8-9-29(16)22(31)32-23(2,3)4)20-19-21(27-15-26-20)30(14-24(19)6-5-7-24)18-10-17(11-18)12-25/h15-18H,5-11,13-14H2,1-4H3. The van der Waals surface area contributed by atoms with Crippen LogP contribution in [0.25, 0.3) is 0 Å². The molecule has 2 aliphatic carbocycles. The number of amides is 1. The highest BCUT2D eigenvalue weighted by Gasteiger charge is 2.53. The molecule has 8 heteroatoms. The van der Waals surface area contributed by atoms with Crippen molar-refractivity contribution in [1.29, 1.82) is 5.26 Å². The maximum Gasteiger partial charge on any atom is 0.410 e. The van der Waals surface area contributed by atoms with Crippen LogP contribution in [0.3, 0.4) is 0 Å². The molecular formula is C24H34N6O2. The summed E-state index contributed by atoms with van der Waals surface area (Å²) >= 11 is 0. The van der Waals surface area contributed by atoms with Gasteiger partial charge in [0.2, 0.25) is 0 Å². The Bertz CT molecular complexity index is 941. The molecule has 5 rings (SSSR count). The van der Waals surface area contributed by atoms with Crippen molar-refractivity contribution in [2.24, 2.45) is 5.92 Å². The molecule has 4 aliphatic rings. The Hall–Kier alpha value is -2.56. The van der Waals surface area contributed by atoms with Gasteiger partial charge < -0.3 is 19.4 Å². The minimum absolute atomic E-state index is 0.0436. The van der Waals surface area contributed by atoms with Crippen LogP contribution in [-0.4, -0.2) is 64.8 Å². The molecule has 1 unspecified atom stereocenters. The molecule has 32 heavy (non-hydrogen) atoms. The summed E-state index contributed by atoms with van der Waals surface area (Å²) in [6.07, 6.45) is 6.95. The van der Waals surface area contributed by atoms with E-state index in [-0.39, 0.29) is 23.5 Å². The summed E-state index contributed by atoms with van der Waals surface area (Å²) in [5.41, 5.74) is 0.965. The van der Waals surface area contributed by atoms with Crippen LogP contribution in [0, 0.1) is 17.2 Å². The summed E-state index contributed by atoms with van der Waals surface area (Å²) in [6, 6.07) is 2.88. The van der Waals surface area contributed by atoms with Crippen molar-refractivity contribution in [2.75, 3.05) is 36.0 Å². The number of piperazine rings is 1. The Morgan fingerprint density at radius 2 is 1.94 bits per heavy atom. The summed E-state index contributed by atoms with van der Waals surface area (Å²) in [6.45, 7) is 10.9. The number of nitriles is 1. The van der Waals surface area contributed by atoms with Gasteiger partial charge in [0.05, 0.1) is 12.0 Å². The number of rotatable bonds is 2. The molecule has 1 saturated heterocycles. The largest absolute Gasteiger partial charge is 0.444 e. The smallest absolute Gasteiger partial charge is 0.410 e. The topological polar surface area (TPSA) is 85.6 Å². The third-order valence-electron chi connectivity index (χ3n) is 7.68. The first-order valence-corrected chi connectivity index (χ1v) is 12.0. The maximum absolute atomic E-state index is 12.7. The van der Waals surface area contributed by atoms with Gasteiger partial charge in [0.1, 0.15) is 23.6 Å². The summed E-state index contributed by atoms with van der Waals surface area (Å²) in [5, 5.41) is 9.23. The van der Waals surface area contributed by atoms with Gasteiger partial charge in [0.15, 0.2) is 0 Å². The molecule has 0 bridgehead atoms. The van der Waals surface area contributed by atoms with E-state index in [1.165, 1.54) is 24.8 Å². The first-order chi connectivity index (χ1) is 15.2. The number of carbonyl (C=O) groups excluding carboxylic acids is 1. The summed E-state index contributed by atoms with van der Waals surface area (Å²) in [5.74, 6) is 2.31. The van der Waals surface area contributed by atoms with E-state index in [1.807, 2.05) is 25.7 Å². The SMILES string of the molecule is CC1CN(c2ncnc3c2C2(CCC2)CN3C2CC(C#N)C2)CCN1C(=O)OC(C)(C)C. The minimum Gasteiger partial charge on any atom is -0.444 e. The lowest BCUT2D eigenvalue weighted by molar-refractivity contribution is 0.0158. The summed E-state index contributed by atoms with van der Waals surface area (Å²) in [4.78, 5) is 28.8. The van der Waals surface area contributed by atoms with Crippen molar-refractivity contribution in [3.05, 3.63) is 11.9 Å². The normalized spacial score (nSPS) is 28.6. The zero-order valence-electron chi connectivity index (χ0n) is 19.7. The number of hydrogen-bond donors (Lipinski definition) is 0. The molecule has 8 nitrogen and oxygen atoms in total. The lowest BCUT2D eigenvalue weighted by Gasteiger charge is -2.44. The van der Waals surface area contributed by atoms with Gasteiger partial charge in [0.25, 0.3) is 0 Å². The van der Waals surface area contributed by atoms with Gasteiger partial charge in [0, 0.05) is 49.2 Å². The number of nitrogens with zero attached hydrogens (tertiary/aromatic N) is 6. The molecule has 1 aromatic rings. The first-order valence-electron chi connectivity index (χ1n) is 12.0. The highest BCUT2D eigenvalue weighted by Crippen LogP contribution is 2.56. The Balaban J connectivity index is 1.38. The lowest BCUT2D eigenvalue weighted by atomic mass is 9.65. The van der Waals surface area contributed by atoms with Crippen molar-refractivity contribution in [3.8, 4) is 6.07 Å². The van der Waals surface area contributed by atoms with Gasteiger partial charge in [-0.05, 0) is 53.4 Å². The molecule has 0 radical (unpaired) electrons.